The van der Waals surface area contributed by atoms with Gasteiger partial charge in [0.15, 0.2) is 5.78 Å². The van der Waals surface area contributed by atoms with Crippen molar-refractivity contribution < 1.29 is 4.79 Å². The van der Waals surface area contributed by atoms with Gasteiger partial charge in [0.2, 0.25) is 0 Å². The Balaban J connectivity index is 2.11. The molecule has 0 saturated heterocycles. The second kappa shape index (κ2) is 3.87. The van der Waals surface area contributed by atoms with Crippen LogP contribution in [0.4, 0.5) is 0 Å². The molecular weight excluding hydrogens is 216 g/mol. The fourth-order valence-electron chi connectivity index (χ4n) is 2.41. The topological polar surface area (TPSA) is 17.1 Å². The number of rotatable bonds is 1. The second-order valence-electron chi connectivity index (χ2n) is 4.12. The summed E-state index contributed by atoms with van der Waals surface area (Å²) in [5.41, 5.74) is 2.13. The Kier molecular flexibility index (Phi) is 2.37. The van der Waals surface area contributed by atoms with Gasteiger partial charge in [0.05, 0.1) is 0 Å². The first-order valence-corrected chi connectivity index (χ1v) is 6.40. The van der Waals surface area contributed by atoms with Gasteiger partial charge < -0.3 is 0 Å². The molecule has 1 aliphatic carbocycles. The minimum Gasteiger partial charge on any atom is -0.294 e. The van der Waals surface area contributed by atoms with E-state index in [-0.39, 0.29) is 0 Å². The Morgan fingerprint density at radius 2 is 2.00 bits per heavy atom. The molecule has 1 nitrogen and oxygen atoms in total. The molecule has 3 rings (SSSR count). The van der Waals surface area contributed by atoms with Gasteiger partial charge in [0.1, 0.15) is 0 Å². The maximum atomic E-state index is 11.8. The molecule has 80 valence electrons. The van der Waals surface area contributed by atoms with Crippen LogP contribution in [0.1, 0.15) is 39.6 Å². The lowest BCUT2D eigenvalue weighted by Gasteiger charge is -2.23. The number of hydrogen-bond donors (Lipinski definition) is 0. The molecule has 0 spiro atoms. The van der Waals surface area contributed by atoms with Crippen molar-refractivity contribution in [3.05, 3.63) is 57.8 Å². The molecule has 16 heavy (non-hydrogen) atoms. The van der Waals surface area contributed by atoms with Crippen LogP contribution in [0.25, 0.3) is 0 Å². The van der Waals surface area contributed by atoms with E-state index in [9.17, 15) is 4.79 Å². The summed E-state index contributed by atoms with van der Waals surface area (Å²) in [6, 6.07) is 12.3. The van der Waals surface area contributed by atoms with Crippen molar-refractivity contribution in [3.8, 4) is 0 Å². The summed E-state index contributed by atoms with van der Waals surface area (Å²) >= 11 is 1.78. The number of hydrogen-bond acceptors (Lipinski definition) is 2. The van der Waals surface area contributed by atoms with E-state index in [2.05, 4.69) is 23.6 Å². The van der Waals surface area contributed by atoms with Crippen LogP contribution in [-0.2, 0) is 0 Å². The van der Waals surface area contributed by atoms with Gasteiger partial charge in [-0.1, -0.05) is 30.3 Å². The van der Waals surface area contributed by atoms with Crippen LogP contribution in [0.3, 0.4) is 0 Å². The second-order valence-corrected chi connectivity index (χ2v) is 5.10. The summed E-state index contributed by atoms with van der Waals surface area (Å²) in [6.45, 7) is 0. The van der Waals surface area contributed by atoms with Crippen molar-refractivity contribution >= 4 is 17.1 Å². The Hall–Kier alpha value is -1.41. The molecule has 1 aromatic heterocycles. The lowest BCUT2D eigenvalue weighted by Crippen LogP contribution is -2.15. The number of benzene rings is 1. The molecule has 0 radical (unpaired) electrons. The lowest BCUT2D eigenvalue weighted by molar-refractivity contribution is 0.0969. The fraction of sp³-hybridized carbons (Fsp3) is 0.214. The van der Waals surface area contributed by atoms with Crippen LogP contribution < -0.4 is 0 Å². The molecule has 1 atom stereocenters. The van der Waals surface area contributed by atoms with Crippen LogP contribution in [0.2, 0.25) is 0 Å². The van der Waals surface area contributed by atoms with Gasteiger partial charge in [0, 0.05) is 22.8 Å². The van der Waals surface area contributed by atoms with Crippen molar-refractivity contribution in [2.45, 2.75) is 18.8 Å². The van der Waals surface area contributed by atoms with Crippen LogP contribution >= 0.6 is 11.3 Å². The molecule has 1 aliphatic rings. The highest BCUT2D eigenvalue weighted by molar-refractivity contribution is 7.10. The Labute approximate surface area is 98.7 Å². The average molecular weight is 228 g/mol. The van der Waals surface area contributed by atoms with Gasteiger partial charge in [-0.25, -0.2) is 0 Å². The SMILES string of the molecule is O=C1CCC(c2cccs2)c2ccccc21. The van der Waals surface area contributed by atoms with Gasteiger partial charge in [0.25, 0.3) is 0 Å². The monoisotopic (exact) mass is 228 g/mol. The van der Waals surface area contributed by atoms with E-state index in [4.69, 9.17) is 0 Å². The third-order valence-corrected chi connectivity index (χ3v) is 4.17. The van der Waals surface area contributed by atoms with E-state index >= 15 is 0 Å². The molecule has 1 heterocycles. The molecule has 0 amide bonds. The molecule has 0 fully saturated rings. The normalized spacial score (nSPS) is 19.5. The largest absolute Gasteiger partial charge is 0.294 e. The van der Waals surface area contributed by atoms with Crippen molar-refractivity contribution in [2.24, 2.45) is 0 Å². The molecular formula is C14H12OS. The molecule has 0 N–H and O–H groups in total. The Morgan fingerprint density at radius 3 is 2.81 bits per heavy atom. The highest BCUT2D eigenvalue weighted by Gasteiger charge is 2.26. The van der Waals surface area contributed by atoms with Crippen LogP contribution in [-0.4, -0.2) is 5.78 Å². The van der Waals surface area contributed by atoms with E-state index in [1.165, 1.54) is 10.4 Å². The van der Waals surface area contributed by atoms with Gasteiger partial charge >= 0.3 is 0 Å². The number of carbonyl (C=O) groups excluding carboxylic acids is 1. The van der Waals surface area contributed by atoms with E-state index in [1.807, 2.05) is 18.2 Å². The van der Waals surface area contributed by atoms with E-state index < -0.39 is 0 Å². The lowest BCUT2D eigenvalue weighted by atomic mass is 9.81. The number of thiophene rings is 1. The first kappa shape index (κ1) is 9.79. The molecule has 1 unspecified atom stereocenters. The standard InChI is InChI=1S/C14H12OS/c15-13-8-7-12(14-6-3-9-16-14)10-4-1-2-5-11(10)13/h1-6,9,12H,7-8H2. The van der Waals surface area contributed by atoms with Crippen molar-refractivity contribution in [1.82, 2.24) is 0 Å². The van der Waals surface area contributed by atoms with Crippen molar-refractivity contribution in [1.29, 1.82) is 0 Å². The highest BCUT2D eigenvalue weighted by Crippen LogP contribution is 2.38. The predicted molar refractivity (Wildman–Crippen MR) is 66.2 cm³/mol. The van der Waals surface area contributed by atoms with Crippen LogP contribution in [0, 0.1) is 0 Å². The maximum Gasteiger partial charge on any atom is 0.163 e. The third-order valence-electron chi connectivity index (χ3n) is 3.18. The first-order valence-electron chi connectivity index (χ1n) is 5.52. The number of carbonyl (C=O) groups is 1. The van der Waals surface area contributed by atoms with E-state index in [1.54, 1.807) is 11.3 Å². The zero-order valence-corrected chi connectivity index (χ0v) is 9.67. The van der Waals surface area contributed by atoms with Gasteiger partial charge in [-0.15, -0.1) is 11.3 Å². The number of ketones is 1. The average Bonchev–Trinajstić information content (AvgIpc) is 2.83. The molecule has 0 aliphatic heterocycles. The van der Waals surface area contributed by atoms with Crippen LogP contribution in [0.15, 0.2) is 41.8 Å². The summed E-state index contributed by atoms with van der Waals surface area (Å²) in [4.78, 5) is 13.2. The van der Waals surface area contributed by atoms with Crippen LogP contribution in [0.5, 0.6) is 0 Å². The molecule has 1 aromatic carbocycles. The summed E-state index contributed by atoms with van der Waals surface area (Å²) in [6.07, 6.45) is 1.63. The Morgan fingerprint density at radius 1 is 1.12 bits per heavy atom. The number of Topliss-reactive ketones (excluding diaryl/α,β-unsaturated/α-hetero) is 1. The minimum absolute atomic E-state index is 0.295. The van der Waals surface area contributed by atoms with E-state index in [0.717, 1.165) is 12.0 Å². The van der Waals surface area contributed by atoms with Gasteiger partial charge in [-0.05, 0) is 23.4 Å². The van der Waals surface area contributed by atoms with Gasteiger partial charge in [-0.2, -0.15) is 0 Å². The van der Waals surface area contributed by atoms with E-state index in [0.29, 0.717) is 18.1 Å². The maximum absolute atomic E-state index is 11.8. The highest BCUT2D eigenvalue weighted by atomic mass is 32.1. The van der Waals surface area contributed by atoms with Crippen molar-refractivity contribution in [3.63, 3.8) is 0 Å². The zero-order chi connectivity index (χ0) is 11.0. The molecule has 0 bridgehead atoms. The molecule has 2 aromatic rings. The van der Waals surface area contributed by atoms with Gasteiger partial charge in [-0.3, -0.25) is 4.79 Å². The minimum atomic E-state index is 0.295. The molecule has 2 heteroatoms. The predicted octanol–water partition coefficient (Wildman–Crippen LogP) is 3.86. The summed E-state index contributed by atoms with van der Waals surface area (Å²) < 4.78 is 0. The molecule has 0 saturated carbocycles. The quantitative estimate of drug-likeness (QED) is 0.724. The first-order chi connectivity index (χ1) is 7.86. The zero-order valence-electron chi connectivity index (χ0n) is 8.85. The smallest absolute Gasteiger partial charge is 0.163 e. The van der Waals surface area contributed by atoms with Crippen molar-refractivity contribution in [2.75, 3.05) is 0 Å². The fourth-order valence-corrected chi connectivity index (χ4v) is 3.29. The Bertz CT molecular complexity index is 513. The summed E-state index contributed by atoms with van der Waals surface area (Å²) in [5, 5.41) is 2.11. The summed E-state index contributed by atoms with van der Waals surface area (Å²) in [5.74, 6) is 0.720. The number of fused-ring (bicyclic) bond motifs is 1. The summed E-state index contributed by atoms with van der Waals surface area (Å²) in [7, 11) is 0. The third kappa shape index (κ3) is 1.50.